The van der Waals surface area contributed by atoms with Gasteiger partial charge in [-0.15, -0.1) is 0 Å². The zero-order valence-corrected chi connectivity index (χ0v) is 15.9. The Bertz CT molecular complexity index is 1030. The maximum atomic E-state index is 12.2. The van der Waals surface area contributed by atoms with Gasteiger partial charge < -0.3 is 18.9 Å². The summed E-state index contributed by atoms with van der Waals surface area (Å²) in [5.74, 6) is -0.540. The van der Waals surface area contributed by atoms with Crippen molar-refractivity contribution >= 4 is 23.7 Å². The van der Waals surface area contributed by atoms with Crippen LogP contribution in [0.25, 0.3) is 12.2 Å². The highest BCUT2D eigenvalue weighted by molar-refractivity contribution is 6.10. The fourth-order valence-corrected chi connectivity index (χ4v) is 2.42. The van der Waals surface area contributed by atoms with E-state index < -0.39 is 32.1 Å². The molecule has 2 aromatic carbocycles. The number of hydrogen-bond acceptors (Lipinski definition) is 6. The van der Waals surface area contributed by atoms with Crippen LogP contribution in [0.3, 0.4) is 0 Å². The van der Waals surface area contributed by atoms with Crippen LogP contribution in [0.2, 0.25) is 0 Å². The van der Waals surface area contributed by atoms with Gasteiger partial charge in [0, 0.05) is 0 Å². The van der Waals surface area contributed by atoms with Crippen LogP contribution in [0.5, 0.6) is 23.0 Å². The van der Waals surface area contributed by atoms with Crippen LogP contribution < -0.4 is 18.9 Å². The Labute approximate surface area is 178 Å². The molecule has 152 valence electrons. The Morgan fingerprint density at radius 3 is 1.59 bits per heavy atom. The first kappa shape index (κ1) is 14.5. The average Bonchev–Trinajstić information content (AvgIpc) is 2.74. The number of allylic oxidation sites excluding steroid dienone is 2. The molecule has 0 saturated carbocycles. The minimum atomic E-state index is -2.67. The van der Waals surface area contributed by atoms with Gasteiger partial charge in [0.05, 0.1) is 42.9 Å². The average molecular weight is 402 g/mol. The lowest BCUT2D eigenvalue weighted by molar-refractivity contribution is -0.121. The number of rotatable bonds is 10. The van der Waals surface area contributed by atoms with E-state index in [-0.39, 0.29) is 23.0 Å². The number of hydrogen-bond donors (Lipinski definition) is 0. The third-order valence-corrected chi connectivity index (χ3v) is 3.87. The molecule has 0 radical (unpaired) electrons. The number of ether oxygens (including phenoxy) is 4. The summed E-state index contributed by atoms with van der Waals surface area (Å²) in [7, 11) is -2.61. The van der Waals surface area contributed by atoms with Crippen molar-refractivity contribution in [3.8, 4) is 23.0 Å². The predicted molar refractivity (Wildman–Crippen MR) is 112 cm³/mol. The Kier molecular flexibility index (Phi) is 5.34. The monoisotopic (exact) mass is 402 g/mol. The van der Waals surface area contributed by atoms with E-state index in [1.54, 1.807) is 12.1 Å². The first-order chi connectivity index (χ1) is 16.3. The van der Waals surface area contributed by atoms with Gasteiger partial charge in [-0.25, -0.2) is 0 Å². The third-order valence-electron chi connectivity index (χ3n) is 3.87. The summed E-state index contributed by atoms with van der Waals surface area (Å²) in [6.07, 6.45) is 4.83. The van der Waals surface area contributed by atoms with E-state index in [0.717, 1.165) is 0 Å². The third kappa shape index (κ3) is 6.24. The summed E-state index contributed by atoms with van der Waals surface area (Å²) >= 11 is 0. The summed E-state index contributed by atoms with van der Waals surface area (Å²) in [6.45, 7) is 0. The summed E-state index contributed by atoms with van der Waals surface area (Å²) in [5, 5.41) is 0. The molecule has 0 atom stereocenters. The van der Waals surface area contributed by atoms with E-state index in [2.05, 4.69) is 0 Å². The molecule has 0 saturated heterocycles. The predicted octanol–water partition coefficient (Wildman–Crippen LogP) is 3.98. The smallest absolute Gasteiger partial charge is 0.163 e. The molecular formula is C23H24O6. The molecule has 0 aliphatic heterocycles. The number of methoxy groups -OCH3 is 4. The maximum absolute atomic E-state index is 12.2. The van der Waals surface area contributed by atoms with Crippen molar-refractivity contribution in [3.63, 3.8) is 0 Å². The Balaban J connectivity index is 2.05. The molecule has 0 aliphatic carbocycles. The normalized spacial score (nSPS) is 14.8. The summed E-state index contributed by atoms with van der Waals surface area (Å²) in [6, 6.07) is 8.99. The van der Waals surface area contributed by atoms with Crippen LogP contribution in [0.1, 0.15) is 25.8 Å². The minimum Gasteiger partial charge on any atom is -0.493 e. The summed E-state index contributed by atoms with van der Waals surface area (Å²) in [5.41, 5.74) is 0.947. The van der Waals surface area contributed by atoms with Gasteiger partial charge in [0.1, 0.15) is 0 Å². The highest BCUT2D eigenvalue weighted by Crippen LogP contribution is 2.28. The molecule has 0 heterocycles. The molecule has 6 nitrogen and oxygen atoms in total. The van der Waals surface area contributed by atoms with E-state index in [4.69, 9.17) is 27.2 Å². The Morgan fingerprint density at radius 2 is 1.21 bits per heavy atom. The minimum absolute atomic E-state index is 0.0116. The van der Waals surface area contributed by atoms with Gasteiger partial charge in [-0.1, -0.05) is 24.3 Å². The van der Waals surface area contributed by atoms with Crippen molar-refractivity contribution in [1.29, 1.82) is 0 Å². The fourth-order valence-electron chi connectivity index (χ4n) is 2.42. The maximum Gasteiger partial charge on any atom is 0.163 e. The molecule has 2 rings (SSSR count). The van der Waals surface area contributed by atoms with Gasteiger partial charge in [0.15, 0.2) is 34.6 Å². The van der Waals surface area contributed by atoms with E-state index in [9.17, 15) is 9.59 Å². The van der Waals surface area contributed by atoms with Crippen molar-refractivity contribution in [2.45, 2.75) is 6.42 Å². The first-order valence-corrected chi connectivity index (χ1v) is 8.45. The zero-order valence-electron chi connectivity index (χ0n) is 21.9. The lowest BCUT2D eigenvalue weighted by atomic mass is 10.1. The van der Waals surface area contributed by atoms with Crippen LogP contribution in [0.4, 0.5) is 0 Å². The van der Waals surface area contributed by atoms with Crippen LogP contribution in [0.15, 0.2) is 48.6 Å². The standard InChI is InChI=1S/C23H24O6/c1-26-20-11-7-16(13-22(20)28-3)5-9-18(24)15-19(25)10-6-17-8-12-21(27-2)23(14-17)29-4/h5-14H,15H2,1-4H3/b9-5+,10-6+/i3D3,4D3. The van der Waals surface area contributed by atoms with Crippen molar-refractivity contribution in [3.05, 3.63) is 59.7 Å². The number of benzene rings is 2. The molecule has 29 heavy (non-hydrogen) atoms. The second-order valence-corrected chi connectivity index (χ2v) is 5.80. The number of carbonyl (C=O) groups is 2. The molecule has 0 aromatic heterocycles. The van der Waals surface area contributed by atoms with Gasteiger partial charge >= 0.3 is 0 Å². The number of ketones is 2. The van der Waals surface area contributed by atoms with Gasteiger partial charge in [-0.2, -0.15) is 0 Å². The van der Waals surface area contributed by atoms with Gasteiger partial charge in [0.25, 0.3) is 0 Å². The second-order valence-electron chi connectivity index (χ2n) is 5.80. The highest BCUT2D eigenvalue weighted by Gasteiger charge is 2.07. The molecule has 2 aromatic rings. The van der Waals surface area contributed by atoms with Crippen LogP contribution in [0, 0.1) is 0 Å². The van der Waals surface area contributed by atoms with Crippen molar-refractivity contribution in [2.75, 3.05) is 28.3 Å². The largest absolute Gasteiger partial charge is 0.493 e. The molecular weight excluding hydrogens is 372 g/mol. The lowest BCUT2D eigenvalue weighted by Gasteiger charge is -2.07. The lowest BCUT2D eigenvalue weighted by Crippen LogP contribution is -2.02. The molecule has 0 spiro atoms. The van der Waals surface area contributed by atoms with Crippen molar-refractivity contribution in [1.82, 2.24) is 0 Å². The van der Waals surface area contributed by atoms with Crippen molar-refractivity contribution in [2.24, 2.45) is 0 Å². The zero-order chi connectivity index (χ0) is 26.2. The van der Waals surface area contributed by atoms with E-state index in [0.29, 0.717) is 11.1 Å². The van der Waals surface area contributed by atoms with Gasteiger partial charge in [-0.05, 0) is 47.5 Å². The topological polar surface area (TPSA) is 71.1 Å². The summed E-state index contributed by atoms with van der Waals surface area (Å²) < 4.78 is 63.3. The first-order valence-electron chi connectivity index (χ1n) is 11.5. The number of carbonyl (C=O) groups excluding carboxylic acids is 2. The molecule has 0 bridgehead atoms. The summed E-state index contributed by atoms with van der Waals surface area (Å²) in [4.78, 5) is 24.4. The van der Waals surface area contributed by atoms with E-state index >= 15 is 0 Å². The highest BCUT2D eigenvalue weighted by atomic mass is 16.5. The van der Waals surface area contributed by atoms with E-state index in [1.807, 2.05) is 0 Å². The second kappa shape index (κ2) is 10.7. The van der Waals surface area contributed by atoms with Crippen molar-refractivity contribution < 1.29 is 36.8 Å². The Morgan fingerprint density at radius 1 is 0.759 bits per heavy atom. The fraction of sp³-hybridized carbons (Fsp3) is 0.217. The van der Waals surface area contributed by atoms with Gasteiger partial charge in [-0.3, -0.25) is 9.59 Å². The van der Waals surface area contributed by atoms with E-state index in [1.165, 1.54) is 62.8 Å². The van der Waals surface area contributed by atoms with Crippen LogP contribution in [-0.4, -0.2) is 39.9 Å². The molecule has 0 fully saturated rings. The van der Waals surface area contributed by atoms with Crippen LogP contribution in [-0.2, 0) is 9.59 Å². The molecule has 6 heteroatoms. The molecule has 0 aliphatic rings. The quantitative estimate of drug-likeness (QED) is 0.442. The van der Waals surface area contributed by atoms with Gasteiger partial charge in [0.2, 0.25) is 0 Å². The Hall–Kier alpha value is -3.54. The molecule has 0 N–H and O–H groups in total. The SMILES string of the molecule is [2H]C([2H])([2H])Oc1cc(/C=C/C(=O)CC(=O)/C=C/c2ccc(OC)c(OC([2H])([2H])[2H])c2)ccc1OC. The molecule has 0 unspecified atom stereocenters. The van der Waals surface area contributed by atoms with Crippen LogP contribution >= 0.6 is 0 Å². The molecule has 0 amide bonds.